The van der Waals surface area contributed by atoms with E-state index in [0.29, 0.717) is 0 Å². The minimum absolute atomic E-state index is 0.833. The van der Waals surface area contributed by atoms with Gasteiger partial charge in [0.05, 0.1) is 0 Å². The average Bonchev–Trinajstić information content (AvgIpc) is 2.02. The molecule has 0 fully saturated rings. The first-order chi connectivity index (χ1) is 5.77. The molecule has 0 aromatic rings. The van der Waals surface area contributed by atoms with Crippen LogP contribution in [-0.2, 0) is 0 Å². The van der Waals surface area contributed by atoms with E-state index in [1.165, 1.54) is 31.3 Å². The fourth-order valence-electron chi connectivity index (χ4n) is 1.05. The van der Waals surface area contributed by atoms with Gasteiger partial charge in [0.15, 0.2) is 0 Å². The van der Waals surface area contributed by atoms with Crippen molar-refractivity contribution >= 4 is 0 Å². The first-order valence-electron chi connectivity index (χ1n) is 4.82. The van der Waals surface area contributed by atoms with Crippen molar-refractivity contribution in [3.05, 3.63) is 12.2 Å². The third-order valence-electron chi connectivity index (χ3n) is 1.73. The van der Waals surface area contributed by atoms with Gasteiger partial charge in [-0.3, -0.25) is 0 Å². The highest BCUT2D eigenvalue weighted by Crippen LogP contribution is 1.96. The Kier molecular flexibility index (Phi) is 8.51. The predicted molar refractivity (Wildman–Crippen MR) is 55.2 cm³/mol. The molecule has 0 rings (SSSR count). The molecular formula is C10H22N2. The molecule has 0 aromatic heterocycles. The summed E-state index contributed by atoms with van der Waals surface area (Å²) in [5, 5.41) is 3.33. The van der Waals surface area contributed by atoms with Crippen LogP contribution in [0.15, 0.2) is 12.2 Å². The van der Waals surface area contributed by atoms with Crippen LogP contribution in [0.25, 0.3) is 0 Å². The Morgan fingerprint density at radius 3 is 2.50 bits per heavy atom. The lowest BCUT2D eigenvalue weighted by Gasteiger charge is -2.03. The molecule has 0 spiro atoms. The van der Waals surface area contributed by atoms with Gasteiger partial charge in [0, 0.05) is 6.54 Å². The van der Waals surface area contributed by atoms with Gasteiger partial charge in [-0.1, -0.05) is 25.0 Å². The Labute approximate surface area is 76.2 Å². The molecule has 0 amide bonds. The molecule has 2 nitrogen and oxygen atoms in total. The fraction of sp³-hybridized carbons (Fsp3) is 0.800. The quantitative estimate of drug-likeness (QED) is 0.429. The zero-order chi connectivity index (χ0) is 9.23. The predicted octanol–water partition coefficient (Wildman–Crippen LogP) is 1.67. The van der Waals surface area contributed by atoms with E-state index in [1.54, 1.807) is 0 Å². The molecular weight excluding hydrogens is 148 g/mol. The van der Waals surface area contributed by atoms with Crippen molar-refractivity contribution in [2.24, 2.45) is 5.73 Å². The first-order valence-corrected chi connectivity index (χ1v) is 4.82. The number of nitrogens with one attached hydrogen (secondary N) is 1. The molecule has 3 N–H and O–H groups in total. The van der Waals surface area contributed by atoms with Crippen LogP contribution in [0, 0.1) is 0 Å². The molecule has 0 saturated heterocycles. The summed E-state index contributed by atoms with van der Waals surface area (Å²) in [4.78, 5) is 0. The summed E-state index contributed by atoms with van der Waals surface area (Å²) in [6, 6.07) is 0. The van der Waals surface area contributed by atoms with Crippen molar-refractivity contribution in [3.8, 4) is 0 Å². The van der Waals surface area contributed by atoms with Crippen LogP contribution in [0.3, 0.4) is 0 Å². The van der Waals surface area contributed by atoms with Crippen LogP contribution in [0.1, 0.15) is 32.6 Å². The Morgan fingerprint density at radius 2 is 1.92 bits per heavy atom. The lowest BCUT2D eigenvalue weighted by molar-refractivity contribution is 0.605. The molecule has 72 valence electrons. The Balaban J connectivity index is 2.86. The maximum atomic E-state index is 5.38. The number of hydrogen-bond acceptors (Lipinski definition) is 2. The van der Waals surface area contributed by atoms with Gasteiger partial charge >= 0.3 is 0 Å². The second kappa shape index (κ2) is 8.75. The van der Waals surface area contributed by atoms with E-state index in [-0.39, 0.29) is 0 Å². The average molecular weight is 170 g/mol. The Morgan fingerprint density at radius 1 is 1.25 bits per heavy atom. The molecule has 0 aromatic carbocycles. The van der Waals surface area contributed by atoms with Crippen LogP contribution >= 0.6 is 0 Å². The lowest BCUT2D eigenvalue weighted by atomic mass is 10.2. The second-order valence-electron chi connectivity index (χ2n) is 3.34. The molecule has 0 heterocycles. The highest BCUT2D eigenvalue weighted by molar-refractivity contribution is 4.90. The van der Waals surface area contributed by atoms with Crippen molar-refractivity contribution in [1.29, 1.82) is 0 Å². The summed E-state index contributed by atoms with van der Waals surface area (Å²) in [5.41, 5.74) is 6.59. The van der Waals surface area contributed by atoms with E-state index in [0.717, 1.165) is 19.6 Å². The van der Waals surface area contributed by atoms with Gasteiger partial charge in [-0.25, -0.2) is 0 Å². The minimum Gasteiger partial charge on any atom is -0.330 e. The van der Waals surface area contributed by atoms with Gasteiger partial charge in [-0.2, -0.15) is 0 Å². The molecule has 0 bridgehead atoms. The van der Waals surface area contributed by atoms with Crippen molar-refractivity contribution in [2.75, 3.05) is 19.6 Å². The summed E-state index contributed by atoms with van der Waals surface area (Å²) in [7, 11) is 0. The topological polar surface area (TPSA) is 38.0 Å². The zero-order valence-corrected chi connectivity index (χ0v) is 8.23. The molecule has 0 aliphatic carbocycles. The highest BCUT2D eigenvalue weighted by Gasteiger charge is 1.89. The van der Waals surface area contributed by atoms with Gasteiger partial charge < -0.3 is 11.1 Å². The van der Waals surface area contributed by atoms with Crippen molar-refractivity contribution < 1.29 is 0 Å². The SMILES string of the molecule is C=C(C)CNCCCCCCN. The molecule has 2 heteroatoms. The van der Waals surface area contributed by atoms with E-state index in [4.69, 9.17) is 5.73 Å². The van der Waals surface area contributed by atoms with Crippen LogP contribution in [0.2, 0.25) is 0 Å². The fourth-order valence-corrected chi connectivity index (χ4v) is 1.05. The maximum Gasteiger partial charge on any atom is 0.0159 e. The normalized spacial score (nSPS) is 10.2. The summed E-state index contributed by atoms with van der Waals surface area (Å²) >= 11 is 0. The number of unbranched alkanes of at least 4 members (excludes halogenated alkanes) is 3. The van der Waals surface area contributed by atoms with E-state index in [9.17, 15) is 0 Å². The first kappa shape index (κ1) is 11.7. The van der Waals surface area contributed by atoms with E-state index < -0.39 is 0 Å². The summed E-state index contributed by atoms with van der Waals surface area (Å²) in [6.07, 6.45) is 4.99. The molecule has 12 heavy (non-hydrogen) atoms. The van der Waals surface area contributed by atoms with Crippen LogP contribution < -0.4 is 11.1 Å². The third-order valence-corrected chi connectivity index (χ3v) is 1.73. The Bertz CT molecular complexity index is 110. The second-order valence-corrected chi connectivity index (χ2v) is 3.34. The standard InChI is InChI=1S/C10H22N2/c1-10(2)9-12-8-6-4-3-5-7-11/h12H,1,3-9,11H2,2H3. The van der Waals surface area contributed by atoms with Gasteiger partial charge in [0.25, 0.3) is 0 Å². The van der Waals surface area contributed by atoms with Crippen LogP contribution in [-0.4, -0.2) is 19.6 Å². The van der Waals surface area contributed by atoms with Crippen LogP contribution in [0.4, 0.5) is 0 Å². The van der Waals surface area contributed by atoms with Crippen molar-refractivity contribution in [2.45, 2.75) is 32.6 Å². The number of rotatable bonds is 8. The van der Waals surface area contributed by atoms with Gasteiger partial charge in [-0.15, -0.1) is 0 Å². The Hall–Kier alpha value is -0.340. The summed E-state index contributed by atoms with van der Waals surface area (Å²) < 4.78 is 0. The van der Waals surface area contributed by atoms with E-state index in [1.807, 2.05) is 6.92 Å². The molecule has 0 radical (unpaired) electrons. The van der Waals surface area contributed by atoms with Crippen LogP contribution in [0.5, 0.6) is 0 Å². The lowest BCUT2D eigenvalue weighted by Crippen LogP contribution is -2.17. The van der Waals surface area contributed by atoms with Gasteiger partial charge in [0.2, 0.25) is 0 Å². The molecule has 0 aliphatic heterocycles. The highest BCUT2D eigenvalue weighted by atomic mass is 14.8. The summed E-state index contributed by atoms with van der Waals surface area (Å²) in [6.45, 7) is 8.76. The van der Waals surface area contributed by atoms with E-state index in [2.05, 4.69) is 11.9 Å². The van der Waals surface area contributed by atoms with Gasteiger partial charge in [0.1, 0.15) is 0 Å². The largest absolute Gasteiger partial charge is 0.330 e. The van der Waals surface area contributed by atoms with E-state index >= 15 is 0 Å². The third kappa shape index (κ3) is 9.66. The maximum absolute atomic E-state index is 5.38. The minimum atomic E-state index is 0.833. The smallest absolute Gasteiger partial charge is 0.0159 e. The molecule has 0 saturated carbocycles. The number of nitrogens with two attached hydrogens (primary N) is 1. The van der Waals surface area contributed by atoms with Crippen molar-refractivity contribution in [3.63, 3.8) is 0 Å². The molecule has 0 atom stereocenters. The summed E-state index contributed by atoms with van der Waals surface area (Å²) in [5.74, 6) is 0. The molecule has 0 unspecified atom stereocenters. The number of hydrogen-bond donors (Lipinski definition) is 2. The van der Waals surface area contributed by atoms with Gasteiger partial charge in [-0.05, 0) is 32.9 Å². The molecule has 0 aliphatic rings. The monoisotopic (exact) mass is 170 g/mol. The van der Waals surface area contributed by atoms with Crippen molar-refractivity contribution in [1.82, 2.24) is 5.32 Å². The zero-order valence-electron chi connectivity index (χ0n) is 8.23.